The Morgan fingerprint density at radius 2 is 1.85 bits per heavy atom. The summed E-state index contributed by atoms with van der Waals surface area (Å²) in [4.78, 5) is 44.7. The first-order valence-corrected chi connectivity index (χ1v) is 13.7. The molecular weight excluding hydrogens is 567 g/mol. The lowest BCUT2D eigenvalue weighted by Gasteiger charge is -2.24. The zero-order valence-corrected chi connectivity index (χ0v) is 23.4. The van der Waals surface area contributed by atoms with Crippen molar-refractivity contribution in [2.75, 3.05) is 6.61 Å². The zero-order valence-electron chi connectivity index (χ0n) is 22.5. The molecule has 2 heterocycles. The van der Waals surface area contributed by atoms with E-state index in [1.54, 1.807) is 44.2 Å². The quantitative estimate of drug-likeness (QED) is 0.203. The Morgan fingerprint density at radius 3 is 2.54 bits per heavy atom. The minimum atomic E-state index is -3.30. The van der Waals surface area contributed by atoms with Crippen LogP contribution in [0.25, 0.3) is 10.8 Å². The molecule has 1 aliphatic rings. The molecule has 0 amide bonds. The van der Waals surface area contributed by atoms with E-state index >= 15 is 8.78 Å². The maximum Gasteiger partial charge on any atom is 0.653 e. The number of aromatic nitrogens is 2. The maximum absolute atomic E-state index is 15.8. The highest BCUT2D eigenvalue weighted by Gasteiger charge is 2.66. The summed E-state index contributed by atoms with van der Waals surface area (Å²) in [5, 5.41) is 11.9. The third-order valence-electron chi connectivity index (χ3n) is 6.34. The van der Waals surface area contributed by atoms with Gasteiger partial charge in [0.1, 0.15) is 4.83 Å². The summed E-state index contributed by atoms with van der Waals surface area (Å²) in [7, 11) is -3.21. The minimum absolute atomic E-state index is 0.195. The van der Waals surface area contributed by atoms with E-state index in [-0.39, 0.29) is 5.75 Å². The number of halogens is 2. The summed E-state index contributed by atoms with van der Waals surface area (Å²) in [6, 6.07) is 11.7. The molecule has 1 aliphatic heterocycles. The fourth-order valence-electron chi connectivity index (χ4n) is 4.23. The Labute approximate surface area is 233 Å². The molecule has 1 saturated heterocycles. The van der Waals surface area contributed by atoms with Gasteiger partial charge >= 0.3 is 19.8 Å². The van der Waals surface area contributed by atoms with Crippen molar-refractivity contribution in [3.63, 3.8) is 0 Å². The van der Waals surface area contributed by atoms with Crippen LogP contribution in [0, 0.1) is 0 Å². The number of nitrogens with zero attached hydrogens (tertiary/aromatic N) is 2. The molecule has 2 N–H and O–H groups in total. The van der Waals surface area contributed by atoms with Crippen LogP contribution in [0.2, 0.25) is 0 Å². The smallest absolute Gasteiger partial charge is 0.462 e. The van der Waals surface area contributed by atoms with Gasteiger partial charge in [-0.15, -0.1) is 4.52 Å². The highest BCUT2D eigenvalue weighted by molar-refractivity contribution is 7.36. The molecular formula is C26H29F2N3O9P+. The van der Waals surface area contributed by atoms with E-state index in [0.29, 0.717) is 14.8 Å². The number of carbonyl (C=O) groups is 1. The number of nitrogens with one attached hydrogen (secondary N) is 1. The van der Waals surface area contributed by atoms with Crippen molar-refractivity contribution < 1.29 is 42.1 Å². The summed E-state index contributed by atoms with van der Waals surface area (Å²) in [5.41, 5.74) is -4.78. The molecule has 1 fully saturated rings. The Morgan fingerprint density at radius 1 is 1.17 bits per heavy atom. The van der Waals surface area contributed by atoms with Gasteiger partial charge in [-0.1, -0.05) is 36.4 Å². The fraction of sp³-hybridized carbons (Fsp3) is 0.423. The molecule has 15 heteroatoms. The molecule has 1 aromatic heterocycles. The normalized spacial score (nSPS) is 25.4. The van der Waals surface area contributed by atoms with Crippen molar-refractivity contribution in [1.82, 2.24) is 14.4 Å². The second-order valence-electron chi connectivity index (χ2n) is 9.87. The predicted molar refractivity (Wildman–Crippen MR) is 141 cm³/mol. The SMILES string of the molecule is CC(C)OC(=O)C(C)N(Oc1cccc2ccccc12)[P+](=O)OC[C@@]1(F)O[C@@H](n2ccc(=O)[nH]c2=O)[C@](C)(F)[C@@H]1O. The number of fused-ring (bicyclic) bond motifs is 1. The zero-order chi connectivity index (χ0) is 30.1. The van der Waals surface area contributed by atoms with Gasteiger partial charge in [0.15, 0.2) is 36.4 Å². The highest BCUT2D eigenvalue weighted by atomic mass is 31.1. The topological polar surface area (TPSA) is 149 Å². The van der Waals surface area contributed by atoms with E-state index in [4.69, 9.17) is 18.8 Å². The molecule has 2 aromatic carbocycles. The molecule has 220 valence electrons. The molecule has 0 spiro atoms. The number of carbonyl (C=O) groups excluding carboxylic acids is 1. The van der Waals surface area contributed by atoms with Crippen molar-refractivity contribution in [3.8, 4) is 5.75 Å². The Bertz CT molecular complexity index is 1560. The molecule has 41 heavy (non-hydrogen) atoms. The maximum atomic E-state index is 15.8. The number of H-pyrrole nitrogens is 1. The van der Waals surface area contributed by atoms with Gasteiger partial charge in [0.2, 0.25) is 0 Å². The van der Waals surface area contributed by atoms with E-state index in [9.17, 15) is 24.1 Å². The van der Waals surface area contributed by atoms with Gasteiger partial charge in [-0.3, -0.25) is 19.1 Å². The van der Waals surface area contributed by atoms with E-state index in [0.717, 1.165) is 24.6 Å². The van der Waals surface area contributed by atoms with Crippen molar-refractivity contribution >= 4 is 24.9 Å². The van der Waals surface area contributed by atoms with Crippen LogP contribution in [0.4, 0.5) is 8.78 Å². The van der Waals surface area contributed by atoms with Crippen LogP contribution in [-0.2, 0) is 23.4 Å². The first kappa shape index (κ1) is 30.4. The van der Waals surface area contributed by atoms with Crippen molar-refractivity contribution in [3.05, 3.63) is 75.6 Å². The van der Waals surface area contributed by atoms with E-state index in [1.165, 1.54) is 6.92 Å². The second-order valence-corrected chi connectivity index (χ2v) is 11.0. The lowest BCUT2D eigenvalue weighted by molar-refractivity contribution is -0.204. The summed E-state index contributed by atoms with van der Waals surface area (Å²) in [6.07, 6.45) is -4.17. The van der Waals surface area contributed by atoms with Crippen LogP contribution in [-0.4, -0.2) is 61.8 Å². The van der Waals surface area contributed by atoms with Gasteiger partial charge in [0.25, 0.3) is 11.4 Å². The monoisotopic (exact) mass is 596 g/mol. The number of benzene rings is 2. The number of hydrogen-bond acceptors (Lipinski definition) is 9. The number of hydroxylamine groups is 1. The van der Waals surface area contributed by atoms with Crippen molar-refractivity contribution in [2.24, 2.45) is 0 Å². The molecule has 0 bridgehead atoms. The number of aliphatic hydroxyl groups excluding tert-OH is 1. The van der Waals surface area contributed by atoms with E-state index in [2.05, 4.69) is 0 Å². The summed E-state index contributed by atoms with van der Waals surface area (Å²) in [5.74, 6) is -3.94. The minimum Gasteiger partial charge on any atom is -0.462 e. The standard InChI is InChI=1S/C26H28F2N3O9P/c1-15(2)38-21(33)16(3)31(40-19-11-7-9-17-8-5-6-10-18(17)19)41(36)37-14-26(28)22(34)25(4,27)23(39-26)30-13-12-20(32)29-24(30)35/h5-13,15-16,22-23,34H,14H2,1-4H3/p+1/t16?,22-,23+,25+,26+/m0/s1. The molecule has 3 aromatic rings. The van der Waals surface area contributed by atoms with Crippen LogP contribution in [0.1, 0.15) is 33.9 Å². The Hall–Kier alpha value is -3.55. The summed E-state index contributed by atoms with van der Waals surface area (Å²) >= 11 is 0. The number of rotatable bonds is 10. The molecule has 4 rings (SSSR count). The predicted octanol–water partition coefficient (Wildman–Crippen LogP) is 3.28. The molecule has 0 saturated carbocycles. The highest BCUT2D eigenvalue weighted by Crippen LogP contribution is 2.48. The average molecular weight is 597 g/mol. The van der Waals surface area contributed by atoms with Crippen LogP contribution >= 0.6 is 8.18 Å². The first-order valence-electron chi connectivity index (χ1n) is 12.6. The second kappa shape index (κ2) is 11.7. The van der Waals surface area contributed by atoms with Crippen LogP contribution in [0.3, 0.4) is 0 Å². The largest absolute Gasteiger partial charge is 0.653 e. The van der Waals surface area contributed by atoms with Crippen LogP contribution in [0.5, 0.6) is 5.75 Å². The van der Waals surface area contributed by atoms with E-state index in [1.807, 2.05) is 17.1 Å². The number of esters is 1. The number of aliphatic hydroxyl groups is 1. The number of aromatic amines is 1. The van der Waals surface area contributed by atoms with Gasteiger partial charge in [0.05, 0.1) is 6.10 Å². The number of alkyl halides is 2. The van der Waals surface area contributed by atoms with Crippen LogP contribution < -0.4 is 16.1 Å². The lowest BCUT2D eigenvalue weighted by Crippen LogP contribution is -2.47. The van der Waals surface area contributed by atoms with Crippen molar-refractivity contribution in [1.29, 1.82) is 0 Å². The lowest BCUT2D eigenvalue weighted by atomic mass is 9.97. The number of hydrogen-bond donors (Lipinski definition) is 2. The van der Waals surface area contributed by atoms with Gasteiger partial charge in [-0.05, 0) is 43.7 Å². The summed E-state index contributed by atoms with van der Waals surface area (Å²) in [6.45, 7) is 4.05. The first-order chi connectivity index (χ1) is 19.2. The number of ether oxygens (including phenoxy) is 2. The van der Waals surface area contributed by atoms with Gasteiger partial charge < -0.3 is 19.4 Å². The third-order valence-corrected chi connectivity index (χ3v) is 7.44. The summed E-state index contributed by atoms with van der Waals surface area (Å²) < 4.78 is 60.7. The van der Waals surface area contributed by atoms with Crippen molar-refractivity contribution in [2.45, 2.75) is 63.7 Å². The molecule has 2 unspecified atom stereocenters. The fourth-order valence-corrected chi connectivity index (χ4v) is 5.16. The van der Waals surface area contributed by atoms with Gasteiger partial charge in [-0.2, -0.15) is 0 Å². The Kier molecular flexibility index (Phi) is 8.71. The molecule has 0 radical (unpaired) electrons. The average Bonchev–Trinajstić information content (AvgIpc) is 3.09. The third kappa shape index (κ3) is 6.21. The molecule has 6 atom stereocenters. The van der Waals surface area contributed by atoms with Gasteiger partial charge in [0, 0.05) is 17.6 Å². The van der Waals surface area contributed by atoms with Gasteiger partial charge in [-0.25, -0.2) is 13.6 Å². The molecule has 0 aliphatic carbocycles. The Balaban J connectivity index is 1.59. The molecule has 12 nitrogen and oxygen atoms in total. The van der Waals surface area contributed by atoms with E-state index < -0.39 is 68.0 Å². The van der Waals surface area contributed by atoms with Crippen LogP contribution in [0.15, 0.2) is 64.3 Å².